The van der Waals surface area contributed by atoms with Crippen LogP contribution in [-0.2, 0) is 0 Å². The summed E-state index contributed by atoms with van der Waals surface area (Å²) in [4.78, 5) is 10.8. The van der Waals surface area contributed by atoms with Crippen molar-refractivity contribution >= 4 is 39.0 Å². The molecule has 160 valence electrons. The molecule has 7 heteroatoms. The van der Waals surface area contributed by atoms with Crippen molar-refractivity contribution in [3.8, 4) is 5.75 Å². The lowest BCUT2D eigenvalue weighted by Crippen LogP contribution is -2.33. The predicted molar refractivity (Wildman–Crippen MR) is 130 cm³/mol. The van der Waals surface area contributed by atoms with Gasteiger partial charge in [0.1, 0.15) is 5.69 Å². The summed E-state index contributed by atoms with van der Waals surface area (Å²) in [6.07, 6.45) is 0. The average molecular weight is 472 g/mol. The largest absolute Gasteiger partial charge is 0.505 e. The summed E-state index contributed by atoms with van der Waals surface area (Å²) in [7, 11) is 3.69. The molecule has 0 aromatic heterocycles. The number of aliphatic imine (C=N–C) groups is 2. The first-order chi connectivity index (χ1) is 13.9. The molecule has 0 unspecified atom stereocenters. The third-order valence-electron chi connectivity index (χ3n) is 4.64. The van der Waals surface area contributed by atoms with Crippen molar-refractivity contribution in [1.82, 2.24) is 4.90 Å². The normalized spacial score (nSPS) is 13.8. The fraction of sp³-hybridized carbons (Fsp3) is 0.304. The first kappa shape index (κ1) is 23.5. The molecule has 0 heterocycles. The summed E-state index contributed by atoms with van der Waals surface area (Å²) in [6, 6.07) is 13.2. The van der Waals surface area contributed by atoms with Crippen molar-refractivity contribution in [2.24, 2.45) is 26.9 Å². The minimum absolute atomic E-state index is 0.0331. The predicted octanol–water partition coefficient (Wildman–Crippen LogP) is 4.82. The standard InChI is InChI=1S/C23H30BrN5O/c1-14(29(5)6)18-16(24)12-13-17(19(18)30)27-21(25)22(26)28-20(23(2,3)4)15-10-8-7-9-11-15/h7-13,20,30H,1H2,2-6H3,(H2,25,27)(H2,26,28)/t20-/m0/s1. The number of hydrogen-bond donors (Lipinski definition) is 3. The SMILES string of the molecule is C=C(c1c(Br)ccc(N=C(N)C(N)=N[C@@H](c2ccccc2)C(C)(C)C)c1O)N(C)C. The van der Waals surface area contributed by atoms with Crippen LogP contribution in [0.5, 0.6) is 5.75 Å². The number of nitrogens with two attached hydrogens (primary N) is 2. The molecule has 0 amide bonds. The summed E-state index contributed by atoms with van der Waals surface area (Å²) in [5, 5.41) is 10.7. The molecule has 0 bridgehead atoms. The highest BCUT2D eigenvalue weighted by molar-refractivity contribution is 9.10. The van der Waals surface area contributed by atoms with Gasteiger partial charge >= 0.3 is 0 Å². The van der Waals surface area contributed by atoms with E-state index in [0.717, 1.165) is 5.56 Å². The van der Waals surface area contributed by atoms with E-state index in [1.807, 2.05) is 44.4 Å². The second-order valence-corrected chi connectivity index (χ2v) is 9.18. The van der Waals surface area contributed by atoms with E-state index in [1.54, 1.807) is 17.0 Å². The maximum atomic E-state index is 10.7. The molecular formula is C23H30BrN5O. The van der Waals surface area contributed by atoms with E-state index in [0.29, 0.717) is 21.4 Å². The molecule has 0 saturated carbocycles. The lowest BCUT2D eigenvalue weighted by atomic mass is 9.83. The molecule has 2 aromatic carbocycles. The van der Waals surface area contributed by atoms with Gasteiger partial charge < -0.3 is 21.5 Å². The molecule has 6 nitrogen and oxygen atoms in total. The van der Waals surface area contributed by atoms with Crippen molar-refractivity contribution in [2.45, 2.75) is 26.8 Å². The van der Waals surface area contributed by atoms with Gasteiger partial charge in [-0.05, 0) is 39.0 Å². The summed E-state index contributed by atoms with van der Waals surface area (Å²) in [6.45, 7) is 10.3. The first-order valence-corrected chi connectivity index (χ1v) is 10.3. The van der Waals surface area contributed by atoms with Crippen LogP contribution >= 0.6 is 15.9 Å². The van der Waals surface area contributed by atoms with Crippen LogP contribution in [0.1, 0.15) is 37.9 Å². The van der Waals surface area contributed by atoms with E-state index in [-0.39, 0.29) is 28.9 Å². The van der Waals surface area contributed by atoms with Gasteiger partial charge in [-0.25, -0.2) is 4.99 Å². The second-order valence-electron chi connectivity index (χ2n) is 8.32. The molecule has 0 aliphatic carbocycles. The third kappa shape index (κ3) is 5.42. The summed E-state index contributed by atoms with van der Waals surface area (Å²) < 4.78 is 0.703. The van der Waals surface area contributed by atoms with Gasteiger partial charge in [-0.2, -0.15) is 0 Å². The number of amidine groups is 2. The van der Waals surface area contributed by atoms with Crippen LogP contribution in [0.3, 0.4) is 0 Å². The number of hydrogen-bond acceptors (Lipinski definition) is 4. The van der Waals surface area contributed by atoms with Gasteiger partial charge in [0, 0.05) is 24.3 Å². The zero-order valence-electron chi connectivity index (χ0n) is 18.1. The monoisotopic (exact) mass is 471 g/mol. The zero-order valence-corrected chi connectivity index (χ0v) is 19.7. The highest BCUT2D eigenvalue weighted by Gasteiger charge is 2.26. The van der Waals surface area contributed by atoms with Gasteiger partial charge in [-0.3, -0.25) is 4.99 Å². The maximum absolute atomic E-state index is 10.7. The molecule has 30 heavy (non-hydrogen) atoms. The Hall–Kier alpha value is -2.80. The molecule has 1 atom stereocenters. The number of nitrogens with zero attached hydrogens (tertiary/aromatic N) is 3. The Morgan fingerprint density at radius 1 is 1.07 bits per heavy atom. The molecule has 0 saturated heterocycles. The van der Waals surface area contributed by atoms with E-state index < -0.39 is 0 Å². The maximum Gasteiger partial charge on any atom is 0.166 e. The van der Waals surface area contributed by atoms with Crippen molar-refractivity contribution in [3.05, 3.63) is 64.6 Å². The van der Waals surface area contributed by atoms with Gasteiger partial charge in [-0.15, -0.1) is 0 Å². The second kappa shape index (κ2) is 9.34. The molecule has 0 fully saturated rings. The van der Waals surface area contributed by atoms with E-state index >= 15 is 0 Å². The molecular weight excluding hydrogens is 442 g/mol. The molecule has 0 aliphatic rings. The Morgan fingerprint density at radius 3 is 2.20 bits per heavy atom. The van der Waals surface area contributed by atoms with Crippen LogP contribution in [0.4, 0.5) is 5.69 Å². The van der Waals surface area contributed by atoms with E-state index in [4.69, 9.17) is 11.5 Å². The van der Waals surface area contributed by atoms with Crippen molar-refractivity contribution in [2.75, 3.05) is 14.1 Å². The van der Waals surface area contributed by atoms with Gasteiger partial charge in [0.05, 0.1) is 11.6 Å². The average Bonchev–Trinajstić information content (AvgIpc) is 2.67. The fourth-order valence-electron chi connectivity index (χ4n) is 2.94. The Balaban J connectivity index is 2.47. The van der Waals surface area contributed by atoms with Gasteiger partial charge in [0.25, 0.3) is 0 Å². The number of rotatable bonds is 5. The Morgan fingerprint density at radius 2 is 1.67 bits per heavy atom. The number of benzene rings is 2. The Kier molecular flexibility index (Phi) is 7.31. The third-order valence-corrected chi connectivity index (χ3v) is 5.30. The Bertz CT molecular complexity index is 975. The van der Waals surface area contributed by atoms with Crippen LogP contribution in [0.2, 0.25) is 0 Å². The summed E-state index contributed by atoms with van der Waals surface area (Å²) in [5.74, 6) is 0.127. The highest BCUT2D eigenvalue weighted by Crippen LogP contribution is 2.40. The van der Waals surface area contributed by atoms with Crippen LogP contribution in [0.25, 0.3) is 5.70 Å². The molecule has 2 rings (SSSR count). The number of halogens is 1. The fourth-order valence-corrected chi connectivity index (χ4v) is 3.49. The van der Waals surface area contributed by atoms with Gasteiger partial charge in [0.15, 0.2) is 17.4 Å². The first-order valence-electron chi connectivity index (χ1n) is 9.54. The lowest BCUT2D eigenvalue weighted by Gasteiger charge is -2.28. The van der Waals surface area contributed by atoms with Crippen molar-refractivity contribution in [3.63, 3.8) is 0 Å². The lowest BCUT2D eigenvalue weighted by molar-refractivity contribution is 0.329. The minimum atomic E-state index is -0.199. The van der Waals surface area contributed by atoms with Gasteiger partial charge in [0.2, 0.25) is 0 Å². The zero-order chi connectivity index (χ0) is 22.6. The van der Waals surface area contributed by atoms with Crippen molar-refractivity contribution in [1.29, 1.82) is 0 Å². The molecule has 0 aliphatic heterocycles. The molecule has 5 N–H and O–H groups in total. The molecule has 0 radical (unpaired) electrons. The number of phenols is 1. The van der Waals surface area contributed by atoms with Crippen molar-refractivity contribution < 1.29 is 5.11 Å². The van der Waals surface area contributed by atoms with E-state index in [2.05, 4.69) is 53.3 Å². The Labute approximate surface area is 187 Å². The van der Waals surface area contributed by atoms with Crippen LogP contribution in [0.15, 0.2) is 63.5 Å². The quantitative estimate of drug-likeness (QED) is 0.429. The summed E-state index contributed by atoms with van der Waals surface area (Å²) >= 11 is 3.45. The van der Waals surface area contributed by atoms with Crippen LogP contribution in [-0.4, -0.2) is 35.8 Å². The minimum Gasteiger partial charge on any atom is -0.505 e. The summed E-state index contributed by atoms with van der Waals surface area (Å²) in [5.41, 5.74) is 14.7. The number of aromatic hydroxyl groups is 1. The van der Waals surface area contributed by atoms with Crippen LogP contribution in [0, 0.1) is 5.41 Å². The molecule has 0 spiro atoms. The van der Waals surface area contributed by atoms with Crippen LogP contribution < -0.4 is 11.5 Å². The van der Waals surface area contributed by atoms with Gasteiger partial charge in [-0.1, -0.05) is 57.7 Å². The molecule has 2 aromatic rings. The topological polar surface area (TPSA) is 100 Å². The smallest absolute Gasteiger partial charge is 0.166 e. The number of phenolic OH excluding ortho intramolecular Hbond substituents is 1. The highest BCUT2D eigenvalue weighted by atomic mass is 79.9. The van der Waals surface area contributed by atoms with E-state index in [1.165, 1.54) is 0 Å². The van der Waals surface area contributed by atoms with E-state index in [9.17, 15) is 5.11 Å².